The van der Waals surface area contributed by atoms with Gasteiger partial charge < -0.3 is 15.1 Å². The first kappa shape index (κ1) is 21.8. The average Bonchev–Trinajstić information content (AvgIpc) is 3.44. The monoisotopic (exact) mass is 442 g/mol. The van der Waals surface area contributed by atoms with Gasteiger partial charge in [-0.2, -0.15) is 0 Å². The lowest BCUT2D eigenvalue weighted by Gasteiger charge is -2.39. The summed E-state index contributed by atoms with van der Waals surface area (Å²) in [7, 11) is 0. The lowest BCUT2D eigenvalue weighted by molar-refractivity contribution is 0.114. The standard InChI is InChI=1S/C28H34N4O/c1-3-8-22(9-4-1)20-30-28(29-16-15-27-12-7-17-33-27)31-24-18-25-13-14-26(19-24)32(25)21-23-10-5-2-6-11-23/h1-12,17,24-26H,13-16,18-21H2,(H2,29,30,31). The van der Waals surface area contributed by atoms with Crippen molar-refractivity contribution in [1.29, 1.82) is 0 Å². The molecule has 0 aliphatic carbocycles. The summed E-state index contributed by atoms with van der Waals surface area (Å²) in [6.07, 6.45) is 7.54. The Bertz CT molecular complexity index is 989. The smallest absolute Gasteiger partial charge is 0.191 e. The van der Waals surface area contributed by atoms with Crippen LogP contribution < -0.4 is 10.6 Å². The number of benzene rings is 2. The lowest BCUT2D eigenvalue weighted by atomic mass is 9.96. The fourth-order valence-electron chi connectivity index (χ4n) is 5.30. The highest BCUT2D eigenvalue weighted by molar-refractivity contribution is 5.80. The van der Waals surface area contributed by atoms with Gasteiger partial charge in [-0.05, 0) is 48.9 Å². The first-order valence-corrected chi connectivity index (χ1v) is 12.2. The van der Waals surface area contributed by atoms with Crippen LogP contribution in [0.2, 0.25) is 0 Å². The number of guanidine groups is 1. The summed E-state index contributed by atoms with van der Waals surface area (Å²) in [4.78, 5) is 7.65. The highest BCUT2D eigenvalue weighted by Crippen LogP contribution is 2.36. The molecule has 2 aromatic carbocycles. The van der Waals surface area contributed by atoms with Gasteiger partial charge in [0.2, 0.25) is 0 Å². The number of piperidine rings is 1. The van der Waals surface area contributed by atoms with Gasteiger partial charge in [0.15, 0.2) is 5.96 Å². The Morgan fingerprint density at radius 1 is 0.879 bits per heavy atom. The van der Waals surface area contributed by atoms with E-state index in [-0.39, 0.29) is 0 Å². The minimum absolute atomic E-state index is 0.458. The molecule has 0 spiro atoms. The van der Waals surface area contributed by atoms with Crippen molar-refractivity contribution >= 4 is 5.96 Å². The Morgan fingerprint density at radius 2 is 1.58 bits per heavy atom. The third-order valence-corrected chi connectivity index (χ3v) is 6.94. The maximum Gasteiger partial charge on any atom is 0.191 e. The highest BCUT2D eigenvalue weighted by atomic mass is 16.3. The van der Waals surface area contributed by atoms with Gasteiger partial charge in [-0.1, -0.05) is 60.7 Å². The van der Waals surface area contributed by atoms with Crippen LogP contribution in [-0.2, 0) is 19.5 Å². The second-order valence-electron chi connectivity index (χ2n) is 9.26. The van der Waals surface area contributed by atoms with Crippen molar-refractivity contribution in [1.82, 2.24) is 15.5 Å². The molecule has 2 saturated heterocycles. The molecular weight excluding hydrogens is 408 g/mol. The molecule has 2 atom stereocenters. The number of rotatable bonds is 8. The molecule has 5 nitrogen and oxygen atoms in total. The van der Waals surface area contributed by atoms with Gasteiger partial charge in [-0.25, -0.2) is 4.99 Å². The summed E-state index contributed by atoms with van der Waals surface area (Å²) in [5, 5.41) is 7.32. The van der Waals surface area contributed by atoms with Gasteiger partial charge in [0.05, 0.1) is 12.8 Å². The molecule has 172 valence electrons. The Morgan fingerprint density at radius 3 is 2.24 bits per heavy atom. The van der Waals surface area contributed by atoms with Crippen molar-refractivity contribution < 1.29 is 4.42 Å². The first-order valence-electron chi connectivity index (χ1n) is 12.2. The van der Waals surface area contributed by atoms with E-state index in [4.69, 9.17) is 9.41 Å². The van der Waals surface area contributed by atoms with Crippen LogP contribution in [0.5, 0.6) is 0 Å². The molecular formula is C28H34N4O. The number of nitrogens with zero attached hydrogens (tertiary/aromatic N) is 2. The summed E-state index contributed by atoms with van der Waals surface area (Å²) < 4.78 is 5.49. The number of hydrogen-bond donors (Lipinski definition) is 2. The summed E-state index contributed by atoms with van der Waals surface area (Å²) in [6, 6.07) is 27.1. The van der Waals surface area contributed by atoms with Gasteiger partial charge >= 0.3 is 0 Å². The molecule has 0 radical (unpaired) electrons. The summed E-state index contributed by atoms with van der Waals surface area (Å²) in [5.74, 6) is 1.91. The van der Waals surface area contributed by atoms with E-state index in [1.165, 1.54) is 36.8 Å². The summed E-state index contributed by atoms with van der Waals surface area (Å²) in [5.41, 5.74) is 2.65. The zero-order chi connectivity index (χ0) is 22.3. The molecule has 2 aliphatic rings. The van der Waals surface area contributed by atoms with E-state index < -0.39 is 0 Å². The van der Waals surface area contributed by atoms with Gasteiger partial charge in [0.1, 0.15) is 5.76 Å². The van der Waals surface area contributed by atoms with Crippen LogP contribution in [0.4, 0.5) is 0 Å². The van der Waals surface area contributed by atoms with Gasteiger partial charge in [0, 0.05) is 37.6 Å². The molecule has 3 heterocycles. The minimum atomic E-state index is 0.458. The predicted octanol–water partition coefficient (Wildman–Crippen LogP) is 4.75. The van der Waals surface area contributed by atoms with E-state index >= 15 is 0 Å². The van der Waals surface area contributed by atoms with Crippen LogP contribution in [0.3, 0.4) is 0 Å². The second kappa shape index (κ2) is 10.7. The van der Waals surface area contributed by atoms with E-state index in [0.717, 1.165) is 31.2 Å². The fourth-order valence-corrected chi connectivity index (χ4v) is 5.30. The second-order valence-corrected chi connectivity index (χ2v) is 9.26. The van der Waals surface area contributed by atoms with Crippen LogP contribution in [-0.4, -0.2) is 35.5 Å². The van der Waals surface area contributed by atoms with Crippen molar-refractivity contribution in [2.45, 2.75) is 63.3 Å². The van der Waals surface area contributed by atoms with Crippen LogP contribution >= 0.6 is 0 Å². The molecule has 33 heavy (non-hydrogen) atoms. The molecule has 5 rings (SSSR count). The maximum absolute atomic E-state index is 5.49. The number of fused-ring (bicyclic) bond motifs is 2. The molecule has 5 heteroatoms. The number of hydrogen-bond acceptors (Lipinski definition) is 3. The zero-order valence-corrected chi connectivity index (χ0v) is 19.2. The fraction of sp³-hybridized carbons (Fsp3) is 0.393. The first-order chi connectivity index (χ1) is 16.3. The van der Waals surface area contributed by atoms with E-state index in [1.54, 1.807) is 6.26 Å². The molecule has 1 aromatic heterocycles. The van der Waals surface area contributed by atoms with Gasteiger partial charge in [-0.3, -0.25) is 4.90 Å². The van der Waals surface area contributed by atoms with Crippen LogP contribution in [0.25, 0.3) is 0 Å². The third-order valence-electron chi connectivity index (χ3n) is 6.94. The quantitative estimate of drug-likeness (QED) is 0.390. The van der Waals surface area contributed by atoms with Crippen molar-refractivity contribution in [2.75, 3.05) is 6.54 Å². The normalized spacial score (nSPS) is 22.9. The Hall–Kier alpha value is -3.05. The third kappa shape index (κ3) is 5.85. The van der Waals surface area contributed by atoms with E-state index in [9.17, 15) is 0 Å². The lowest BCUT2D eigenvalue weighted by Crippen LogP contribution is -2.52. The molecule has 2 fully saturated rings. The van der Waals surface area contributed by atoms with E-state index in [1.807, 2.05) is 18.2 Å². The molecule has 2 aliphatic heterocycles. The number of aliphatic imine (C=N–C) groups is 1. The van der Waals surface area contributed by atoms with Crippen LogP contribution in [0.1, 0.15) is 42.6 Å². The van der Waals surface area contributed by atoms with Crippen LogP contribution in [0.15, 0.2) is 88.5 Å². The van der Waals surface area contributed by atoms with Gasteiger partial charge in [-0.15, -0.1) is 0 Å². The Balaban J connectivity index is 1.21. The van der Waals surface area contributed by atoms with Crippen molar-refractivity contribution in [2.24, 2.45) is 4.99 Å². The largest absolute Gasteiger partial charge is 0.469 e. The van der Waals surface area contributed by atoms with E-state index in [2.05, 4.69) is 70.1 Å². The Labute approximate surface area is 196 Å². The number of furan rings is 1. The predicted molar refractivity (Wildman–Crippen MR) is 133 cm³/mol. The molecule has 3 aromatic rings. The molecule has 0 amide bonds. The highest BCUT2D eigenvalue weighted by Gasteiger charge is 2.40. The van der Waals surface area contributed by atoms with Crippen molar-refractivity contribution in [3.63, 3.8) is 0 Å². The SMILES string of the molecule is c1ccc(CN=C(NCCc2ccco2)NC2CC3CCC(C2)N3Cc2ccccc2)cc1. The minimum Gasteiger partial charge on any atom is -0.469 e. The zero-order valence-electron chi connectivity index (χ0n) is 19.2. The maximum atomic E-state index is 5.49. The molecule has 0 saturated carbocycles. The van der Waals surface area contributed by atoms with Gasteiger partial charge in [0.25, 0.3) is 0 Å². The van der Waals surface area contributed by atoms with Crippen molar-refractivity contribution in [3.05, 3.63) is 95.9 Å². The summed E-state index contributed by atoms with van der Waals surface area (Å²) >= 11 is 0. The van der Waals surface area contributed by atoms with E-state index in [0.29, 0.717) is 24.7 Å². The number of nitrogens with one attached hydrogen (secondary N) is 2. The molecule has 2 N–H and O–H groups in total. The average molecular weight is 443 g/mol. The van der Waals surface area contributed by atoms with Crippen molar-refractivity contribution in [3.8, 4) is 0 Å². The molecule has 2 unspecified atom stereocenters. The molecule has 2 bridgehead atoms. The topological polar surface area (TPSA) is 52.8 Å². The summed E-state index contributed by atoms with van der Waals surface area (Å²) in [6.45, 7) is 2.55. The Kier molecular flexibility index (Phi) is 7.07. The van der Waals surface area contributed by atoms with Crippen LogP contribution in [0, 0.1) is 0 Å².